The Hall–Kier alpha value is -1.02. The zero-order valence-corrected chi connectivity index (χ0v) is 13.3. The van der Waals surface area contributed by atoms with Gasteiger partial charge >= 0.3 is 0 Å². The van der Waals surface area contributed by atoms with E-state index < -0.39 is 0 Å². The molecular weight excluding hydrogens is 256 g/mol. The molecule has 0 saturated heterocycles. The maximum absolute atomic E-state index is 6.16. The summed E-state index contributed by atoms with van der Waals surface area (Å²) < 4.78 is 0. The maximum atomic E-state index is 6.16. The summed E-state index contributed by atoms with van der Waals surface area (Å²) in [5.41, 5.74) is 9.62. The number of aryl methyl sites for hydroxylation is 1. The van der Waals surface area contributed by atoms with E-state index in [1.54, 1.807) is 5.56 Å². The summed E-state index contributed by atoms with van der Waals surface area (Å²) in [6.45, 7) is 3.29. The van der Waals surface area contributed by atoms with E-state index in [4.69, 9.17) is 5.73 Å². The monoisotopic (exact) mass is 286 g/mol. The molecule has 1 aliphatic heterocycles. The zero-order valence-electron chi connectivity index (χ0n) is 13.3. The molecule has 0 radical (unpaired) electrons. The molecule has 1 fully saturated rings. The lowest BCUT2D eigenvalue weighted by molar-refractivity contribution is 0.184. The van der Waals surface area contributed by atoms with Crippen LogP contribution in [-0.4, -0.2) is 19.6 Å². The van der Waals surface area contributed by atoms with Gasteiger partial charge in [0.25, 0.3) is 0 Å². The van der Waals surface area contributed by atoms with Crippen LogP contribution in [0.5, 0.6) is 0 Å². The van der Waals surface area contributed by atoms with E-state index in [1.807, 2.05) is 0 Å². The Morgan fingerprint density at radius 3 is 2.62 bits per heavy atom. The molecular formula is C19H30N2. The van der Waals surface area contributed by atoms with Crippen molar-refractivity contribution in [2.24, 2.45) is 11.1 Å². The van der Waals surface area contributed by atoms with Gasteiger partial charge in [0.1, 0.15) is 0 Å². The molecule has 0 unspecified atom stereocenters. The lowest BCUT2D eigenvalue weighted by Crippen LogP contribution is -2.37. The summed E-state index contributed by atoms with van der Waals surface area (Å²) in [5.74, 6) is 0. The highest BCUT2D eigenvalue weighted by atomic mass is 15.1. The number of hydrogen-bond donors (Lipinski definition) is 1. The number of nitrogens with two attached hydrogens (primary N) is 1. The minimum absolute atomic E-state index is 0.430. The van der Waals surface area contributed by atoms with E-state index in [-0.39, 0.29) is 0 Å². The standard InChI is InChI=1S/C19H30N2/c20-16-19(11-5-1-6-12-19)13-15-21-14-7-4-9-17-8-2-3-10-18(17)21/h2-3,8,10H,1,4-7,9,11-16,20H2. The molecule has 2 N–H and O–H groups in total. The van der Waals surface area contributed by atoms with Crippen molar-refractivity contribution in [3.63, 3.8) is 0 Å². The van der Waals surface area contributed by atoms with E-state index in [1.165, 1.54) is 76.6 Å². The summed E-state index contributed by atoms with van der Waals surface area (Å²) >= 11 is 0. The Balaban J connectivity index is 1.69. The highest BCUT2D eigenvalue weighted by Crippen LogP contribution is 2.39. The third kappa shape index (κ3) is 3.42. The van der Waals surface area contributed by atoms with Gasteiger partial charge in [-0.05, 0) is 62.1 Å². The van der Waals surface area contributed by atoms with Gasteiger partial charge in [0.05, 0.1) is 0 Å². The smallest absolute Gasteiger partial charge is 0.0398 e. The van der Waals surface area contributed by atoms with Gasteiger partial charge in [-0.15, -0.1) is 0 Å². The van der Waals surface area contributed by atoms with Crippen molar-refractivity contribution in [2.75, 3.05) is 24.5 Å². The number of benzene rings is 1. The second kappa shape index (κ2) is 6.83. The van der Waals surface area contributed by atoms with Gasteiger partial charge in [0, 0.05) is 18.8 Å². The van der Waals surface area contributed by atoms with Crippen LogP contribution in [0.4, 0.5) is 5.69 Å². The van der Waals surface area contributed by atoms with Crippen LogP contribution < -0.4 is 10.6 Å². The second-order valence-electron chi connectivity index (χ2n) is 7.09. The Bertz CT molecular complexity index is 449. The molecule has 0 bridgehead atoms. The van der Waals surface area contributed by atoms with Crippen LogP contribution in [0, 0.1) is 5.41 Å². The van der Waals surface area contributed by atoms with Gasteiger partial charge in [0.2, 0.25) is 0 Å². The van der Waals surface area contributed by atoms with Crippen molar-refractivity contribution >= 4 is 5.69 Å². The van der Waals surface area contributed by atoms with Crippen LogP contribution in [0.15, 0.2) is 24.3 Å². The van der Waals surface area contributed by atoms with E-state index in [0.717, 1.165) is 6.54 Å². The first kappa shape index (κ1) is 14.9. The first-order chi connectivity index (χ1) is 10.3. The van der Waals surface area contributed by atoms with Crippen LogP contribution in [-0.2, 0) is 6.42 Å². The third-order valence-corrected chi connectivity index (χ3v) is 5.72. The van der Waals surface area contributed by atoms with Gasteiger partial charge in [-0.3, -0.25) is 0 Å². The fourth-order valence-electron chi connectivity index (χ4n) is 4.23. The second-order valence-corrected chi connectivity index (χ2v) is 7.09. The number of nitrogens with zero attached hydrogens (tertiary/aromatic N) is 1. The number of fused-ring (bicyclic) bond motifs is 1. The molecule has 0 atom stereocenters. The summed E-state index contributed by atoms with van der Waals surface area (Å²) in [4.78, 5) is 2.63. The van der Waals surface area contributed by atoms with Crippen LogP contribution in [0.3, 0.4) is 0 Å². The zero-order chi connectivity index (χ0) is 14.5. The highest BCUT2D eigenvalue weighted by molar-refractivity contribution is 5.54. The summed E-state index contributed by atoms with van der Waals surface area (Å²) in [6, 6.07) is 9.00. The maximum Gasteiger partial charge on any atom is 0.0398 e. The molecule has 2 aliphatic rings. The van der Waals surface area contributed by atoms with Gasteiger partial charge in [-0.2, -0.15) is 0 Å². The molecule has 2 nitrogen and oxygen atoms in total. The third-order valence-electron chi connectivity index (χ3n) is 5.72. The van der Waals surface area contributed by atoms with E-state index in [2.05, 4.69) is 29.2 Å². The highest BCUT2D eigenvalue weighted by Gasteiger charge is 2.31. The van der Waals surface area contributed by atoms with Gasteiger partial charge in [-0.1, -0.05) is 37.5 Å². The van der Waals surface area contributed by atoms with Crippen LogP contribution in [0.25, 0.3) is 0 Å². The molecule has 0 amide bonds. The number of rotatable bonds is 4. The lowest BCUT2D eigenvalue weighted by Gasteiger charge is -2.38. The summed E-state index contributed by atoms with van der Waals surface area (Å²) in [6.07, 6.45) is 12.0. The van der Waals surface area contributed by atoms with E-state index in [0.29, 0.717) is 5.41 Å². The molecule has 1 heterocycles. The molecule has 0 aromatic heterocycles. The Labute approximate surface area is 129 Å². The minimum atomic E-state index is 0.430. The number of anilines is 1. The summed E-state index contributed by atoms with van der Waals surface area (Å²) in [5, 5.41) is 0. The van der Waals surface area contributed by atoms with Crippen molar-refractivity contribution in [3.8, 4) is 0 Å². The van der Waals surface area contributed by atoms with Crippen molar-refractivity contribution in [3.05, 3.63) is 29.8 Å². The fraction of sp³-hybridized carbons (Fsp3) is 0.684. The normalized spacial score (nSPS) is 21.7. The molecule has 116 valence electrons. The van der Waals surface area contributed by atoms with Crippen molar-refractivity contribution in [1.82, 2.24) is 0 Å². The Kier molecular flexibility index (Phi) is 4.84. The van der Waals surface area contributed by atoms with Crippen molar-refractivity contribution < 1.29 is 0 Å². The quantitative estimate of drug-likeness (QED) is 0.902. The minimum Gasteiger partial charge on any atom is -0.371 e. The molecule has 21 heavy (non-hydrogen) atoms. The van der Waals surface area contributed by atoms with Crippen LogP contribution >= 0.6 is 0 Å². The van der Waals surface area contributed by atoms with Gasteiger partial charge in [0.15, 0.2) is 0 Å². The molecule has 1 aromatic rings. The van der Waals surface area contributed by atoms with E-state index >= 15 is 0 Å². The topological polar surface area (TPSA) is 29.3 Å². The first-order valence-corrected chi connectivity index (χ1v) is 8.86. The molecule has 1 saturated carbocycles. The molecule has 0 spiro atoms. The summed E-state index contributed by atoms with van der Waals surface area (Å²) in [7, 11) is 0. The largest absolute Gasteiger partial charge is 0.371 e. The predicted molar refractivity (Wildman–Crippen MR) is 90.8 cm³/mol. The number of hydrogen-bond acceptors (Lipinski definition) is 2. The molecule has 1 aliphatic carbocycles. The lowest BCUT2D eigenvalue weighted by atomic mass is 9.72. The van der Waals surface area contributed by atoms with Crippen LogP contribution in [0.2, 0.25) is 0 Å². The van der Waals surface area contributed by atoms with Crippen molar-refractivity contribution in [2.45, 2.75) is 57.8 Å². The van der Waals surface area contributed by atoms with Crippen molar-refractivity contribution in [1.29, 1.82) is 0 Å². The predicted octanol–water partition coefficient (Wildman–Crippen LogP) is 4.13. The molecule has 1 aromatic carbocycles. The average molecular weight is 286 g/mol. The Morgan fingerprint density at radius 2 is 1.81 bits per heavy atom. The molecule has 3 rings (SSSR count). The van der Waals surface area contributed by atoms with E-state index in [9.17, 15) is 0 Å². The molecule has 2 heteroatoms. The first-order valence-electron chi connectivity index (χ1n) is 8.86. The fourth-order valence-corrected chi connectivity index (χ4v) is 4.23. The average Bonchev–Trinajstić information content (AvgIpc) is 2.76. The SMILES string of the molecule is NCC1(CCN2CCCCc3ccccc32)CCCCC1. The van der Waals surface area contributed by atoms with Gasteiger partial charge in [-0.25, -0.2) is 0 Å². The van der Waals surface area contributed by atoms with Crippen LogP contribution in [0.1, 0.15) is 56.9 Å². The van der Waals surface area contributed by atoms with Gasteiger partial charge < -0.3 is 10.6 Å². The number of para-hydroxylation sites is 1. The Morgan fingerprint density at radius 1 is 1.00 bits per heavy atom.